The third-order valence-corrected chi connectivity index (χ3v) is 4.96. The van der Waals surface area contributed by atoms with E-state index in [9.17, 15) is 14.4 Å². The predicted molar refractivity (Wildman–Crippen MR) is 109 cm³/mol. The number of piperazine rings is 1. The average Bonchev–Trinajstić information content (AvgIpc) is 2.66. The van der Waals surface area contributed by atoms with Gasteiger partial charge in [0.1, 0.15) is 6.04 Å². The molecule has 28 heavy (non-hydrogen) atoms. The topological polar surface area (TPSA) is 81.8 Å². The monoisotopic (exact) mass is 388 g/mol. The number of hydrogen-bond acceptors (Lipinski definition) is 4. The Bertz CT molecular complexity index is 679. The van der Waals surface area contributed by atoms with Crippen LogP contribution < -0.4 is 10.6 Å². The van der Waals surface area contributed by atoms with Gasteiger partial charge < -0.3 is 15.5 Å². The van der Waals surface area contributed by atoms with Gasteiger partial charge in [-0.05, 0) is 31.9 Å². The van der Waals surface area contributed by atoms with Crippen molar-refractivity contribution in [2.24, 2.45) is 5.92 Å². The van der Waals surface area contributed by atoms with Crippen molar-refractivity contribution >= 4 is 17.7 Å². The van der Waals surface area contributed by atoms with Crippen molar-refractivity contribution in [2.45, 2.75) is 33.7 Å². The smallest absolute Gasteiger partial charge is 0.251 e. The van der Waals surface area contributed by atoms with E-state index in [-0.39, 0.29) is 23.6 Å². The quantitative estimate of drug-likeness (QED) is 0.731. The summed E-state index contributed by atoms with van der Waals surface area (Å²) in [5.74, 6) is -0.307. The van der Waals surface area contributed by atoms with E-state index in [4.69, 9.17) is 0 Å². The molecule has 0 bridgehead atoms. The minimum Gasteiger partial charge on any atom is -0.355 e. The molecule has 1 heterocycles. The van der Waals surface area contributed by atoms with Crippen LogP contribution in [0.1, 0.15) is 36.7 Å². The van der Waals surface area contributed by atoms with E-state index in [0.29, 0.717) is 44.8 Å². The molecule has 0 saturated carbocycles. The van der Waals surface area contributed by atoms with Crippen LogP contribution >= 0.6 is 0 Å². The molecule has 0 spiro atoms. The second-order valence-corrected chi connectivity index (χ2v) is 7.62. The van der Waals surface area contributed by atoms with Crippen LogP contribution in [0.4, 0.5) is 0 Å². The molecule has 1 atom stereocenters. The highest BCUT2D eigenvalue weighted by atomic mass is 16.2. The maximum absolute atomic E-state index is 13.0. The number of nitrogens with zero attached hydrogens (tertiary/aromatic N) is 2. The lowest BCUT2D eigenvalue weighted by Crippen LogP contribution is -2.57. The Hall–Kier alpha value is -2.41. The number of likely N-dealkylation sites (N-methyl/N-ethyl adjacent to an activating group) is 1. The lowest BCUT2D eigenvalue weighted by molar-refractivity contribution is -0.136. The van der Waals surface area contributed by atoms with Crippen LogP contribution in [0.2, 0.25) is 0 Å². The number of hydrogen-bond donors (Lipinski definition) is 2. The van der Waals surface area contributed by atoms with E-state index < -0.39 is 6.04 Å². The predicted octanol–water partition coefficient (Wildman–Crippen LogP) is 1.03. The summed E-state index contributed by atoms with van der Waals surface area (Å²) in [6.07, 6.45) is 0. The zero-order valence-electron chi connectivity index (χ0n) is 17.3. The molecule has 1 aliphatic rings. The number of amides is 3. The van der Waals surface area contributed by atoms with Gasteiger partial charge in [-0.3, -0.25) is 19.3 Å². The summed E-state index contributed by atoms with van der Waals surface area (Å²) in [6, 6.07) is 6.74. The first-order chi connectivity index (χ1) is 13.3. The maximum atomic E-state index is 13.0. The highest BCUT2D eigenvalue weighted by Gasteiger charge is 2.31. The fraction of sp³-hybridized carbons (Fsp3) is 0.571. The van der Waals surface area contributed by atoms with E-state index in [1.807, 2.05) is 44.7 Å². The van der Waals surface area contributed by atoms with Crippen molar-refractivity contribution < 1.29 is 14.4 Å². The molecular formula is C21H32N4O3. The Morgan fingerprint density at radius 2 is 1.64 bits per heavy atom. The molecule has 1 saturated heterocycles. The van der Waals surface area contributed by atoms with E-state index in [1.165, 1.54) is 0 Å². The number of aryl methyl sites for hydroxylation is 1. The third-order valence-electron chi connectivity index (χ3n) is 4.96. The highest BCUT2D eigenvalue weighted by molar-refractivity contribution is 5.97. The van der Waals surface area contributed by atoms with Gasteiger partial charge in [0.2, 0.25) is 11.8 Å². The molecule has 1 aromatic rings. The first-order valence-corrected chi connectivity index (χ1v) is 9.97. The fourth-order valence-corrected chi connectivity index (χ4v) is 3.22. The van der Waals surface area contributed by atoms with Gasteiger partial charge in [-0.1, -0.05) is 31.5 Å². The van der Waals surface area contributed by atoms with Crippen LogP contribution in [0, 0.1) is 12.8 Å². The minimum absolute atomic E-state index is 0.00712. The summed E-state index contributed by atoms with van der Waals surface area (Å²) in [4.78, 5) is 41.1. The van der Waals surface area contributed by atoms with Gasteiger partial charge in [-0.25, -0.2) is 0 Å². The molecule has 154 valence electrons. The van der Waals surface area contributed by atoms with E-state index in [2.05, 4.69) is 10.6 Å². The lowest BCUT2D eigenvalue weighted by atomic mass is 10.0. The Morgan fingerprint density at radius 3 is 2.18 bits per heavy atom. The molecule has 1 unspecified atom stereocenters. The number of carbonyl (C=O) groups excluding carboxylic acids is 3. The molecule has 7 heteroatoms. The zero-order chi connectivity index (χ0) is 20.7. The van der Waals surface area contributed by atoms with Crippen LogP contribution in [0.5, 0.6) is 0 Å². The first kappa shape index (κ1) is 21.9. The molecule has 0 aliphatic carbocycles. The summed E-state index contributed by atoms with van der Waals surface area (Å²) >= 11 is 0. The minimum atomic E-state index is -0.566. The molecule has 2 rings (SSSR count). The van der Waals surface area contributed by atoms with Gasteiger partial charge in [0.15, 0.2) is 0 Å². The molecule has 2 N–H and O–H groups in total. The largest absolute Gasteiger partial charge is 0.355 e. The SMILES string of the molecule is CCNC(=O)CN1CCN(C(=O)C(NC(=O)c2ccc(C)cc2)C(C)C)CC1. The molecule has 1 fully saturated rings. The van der Waals surface area contributed by atoms with Crippen LogP contribution in [0.15, 0.2) is 24.3 Å². The molecular weight excluding hydrogens is 356 g/mol. The van der Waals surface area contributed by atoms with Crippen LogP contribution in [0.25, 0.3) is 0 Å². The van der Waals surface area contributed by atoms with Gasteiger partial charge >= 0.3 is 0 Å². The van der Waals surface area contributed by atoms with Gasteiger partial charge in [0.05, 0.1) is 6.54 Å². The fourth-order valence-electron chi connectivity index (χ4n) is 3.22. The van der Waals surface area contributed by atoms with Crippen LogP contribution in [0.3, 0.4) is 0 Å². The van der Waals surface area contributed by atoms with Crippen molar-refractivity contribution in [3.8, 4) is 0 Å². The van der Waals surface area contributed by atoms with Crippen molar-refractivity contribution in [3.05, 3.63) is 35.4 Å². The molecule has 0 radical (unpaired) electrons. The Morgan fingerprint density at radius 1 is 1.04 bits per heavy atom. The maximum Gasteiger partial charge on any atom is 0.251 e. The second kappa shape index (κ2) is 10.2. The summed E-state index contributed by atoms with van der Waals surface area (Å²) in [5, 5.41) is 5.69. The zero-order valence-corrected chi connectivity index (χ0v) is 17.3. The van der Waals surface area contributed by atoms with Crippen molar-refractivity contribution in [2.75, 3.05) is 39.3 Å². The number of rotatable bonds is 7. The third kappa shape index (κ3) is 6.05. The van der Waals surface area contributed by atoms with Crippen molar-refractivity contribution in [1.82, 2.24) is 20.4 Å². The molecule has 1 aromatic carbocycles. The van der Waals surface area contributed by atoms with Crippen molar-refractivity contribution in [1.29, 1.82) is 0 Å². The lowest BCUT2D eigenvalue weighted by Gasteiger charge is -2.37. The molecule has 3 amide bonds. The summed E-state index contributed by atoms with van der Waals surface area (Å²) < 4.78 is 0. The second-order valence-electron chi connectivity index (χ2n) is 7.62. The summed E-state index contributed by atoms with van der Waals surface area (Å²) in [7, 11) is 0. The first-order valence-electron chi connectivity index (χ1n) is 9.97. The molecule has 1 aliphatic heterocycles. The van der Waals surface area contributed by atoms with E-state index in [1.54, 1.807) is 17.0 Å². The molecule has 0 aromatic heterocycles. The Kier molecular flexibility index (Phi) is 7.99. The molecule has 7 nitrogen and oxygen atoms in total. The van der Waals surface area contributed by atoms with Gasteiger partial charge in [0, 0.05) is 38.3 Å². The van der Waals surface area contributed by atoms with Crippen LogP contribution in [-0.2, 0) is 9.59 Å². The normalized spacial score (nSPS) is 16.0. The van der Waals surface area contributed by atoms with E-state index in [0.717, 1.165) is 5.56 Å². The van der Waals surface area contributed by atoms with Crippen molar-refractivity contribution in [3.63, 3.8) is 0 Å². The van der Waals surface area contributed by atoms with E-state index >= 15 is 0 Å². The number of nitrogens with one attached hydrogen (secondary N) is 2. The number of carbonyl (C=O) groups is 3. The van der Waals surface area contributed by atoms with Gasteiger partial charge in [-0.15, -0.1) is 0 Å². The van der Waals surface area contributed by atoms with Gasteiger partial charge in [0.25, 0.3) is 5.91 Å². The number of benzene rings is 1. The standard InChI is InChI=1S/C21H32N4O3/c1-5-22-18(26)14-24-10-12-25(13-11-24)21(28)19(15(2)3)23-20(27)17-8-6-16(4)7-9-17/h6-9,15,19H,5,10-14H2,1-4H3,(H,22,26)(H,23,27). The Labute approximate surface area is 167 Å². The van der Waals surface area contributed by atoms with Crippen LogP contribution in [-0.4, -0.2) is 72.8 Å². The summed E-state index contributed by atoms with van der Waals surface area (Å²) in [5.41, 5.74) is 1.63. The van der Waals surface area contributed by atoms with Gasteiger partial charge in [-0.2, -0.15) is 0 Å². The summed E-state index contributed by atoms with van der Waals surface area (Å²) in [6.45, 7) is 11.1. The Balaban J connectivity index is 1.93. The highest BCUT2D eigenvalue weighted by Crippen LogP contribution is 2.11. The average molecular weight is 389 g/mol.